The molecule has 0 spiro atoms. The third kappa shape index (κ3) is 5.39. The Hall–Kier alpha value is -1.69. The number of hydrogen-bond acceptors (Lipinski definition) is 5. The molecular weight excluding hydrogens is 320 g/mol. The number of hydrogen-bond donors (Lipinski definition) is 1. The van der Waals surface area contributed by atoms with Crippen LogP contribution in [0.1, 0.15) is 32.3 Å². The molecule has 0 saturated heterocycles. The van der Waals surface area contributed by atoms with E-state index in [0.29, 0.717) is 19.6 Å². The lowest BCUT2D eigenvalue weighted by molar-refractivity contribution is -0.153. The summed E-state index contributed by atoms with van der Waals surface area (Å²) in [4.78, 5) is 11.2. The first kappa shape index (κ1) is 19.6. The molecule has 1 unspecified atom stereocenters. The highest BCUT2D eigenvalue weighted by Crippen LogP contribution is 2.44. The van der Waals surface area contributed by atoms with Crippen molar-refractivity contribution < 1.29 is 24.1 Å². The van der Waals surface area contributed by atoms with Gasteiger partial charge >= 0.3 is 5.97 Å². The average Bonchev–Trinajstić information content (AvgIpc) is 2.59. The monoisotopic (exact) mass is 348 g/mol. The molecule has 1 aliphatic rings. The van der Waals surface area contributed by atoms with Crippen molar-refractivity contribution in [2.45, 2.75) is 39.4 Å². The van der Waals surface area contributed by atoms with Crippen LogP contribution in [0.4, 0.5) is 0 Å². The average molecular weight is 348 g/mol. The van der Waals surface area contributed by atoms with E-state index in [1.807, 2.05) is 37.3 Å². The van der Waals surface area contributed by atoms with Crippen LogP contribution in [0.5, 0.6) is 0 Å². The zero-order valence-corrected chi connectivity index (χ0v) is 15.1. The highest BCUT2D eigenvalue weighted by Gasteiger charge is 2.45. The number of rotatable bonds is 8. The van der Waals surface area contributed by atoms with Gasteiger partial charge < -0.3 is 19.3 Å². The fraction of sp³-hybridized carbons (Fsp3) is 0.550. The maximum absolute atomic E-state index is 11.2. The van der Waals surface area contributed by atoms with E-state index in [1.165, 1.54) is 6.92 Å². The van der Waals surface area contributed by atoms with Crippen molar-refractivity contribution in [2.24, 2.45) is 11.3 Å². The molecule has 0 radical (unpaired) electrons. The van der Waals surface area contributed by atoms with Gasteiger partial charge in [0, 0.05) is 18.3 Å². The number of ether oxygens (including phenoxy) is 3. The molecule has 1 aliphatic carbocycles. The predicted octanol–water partition coefficient (Wildman–Crippen LogP) is 3.07. The van der Waals surface area contributed by atoms with Crippen LogP contribution in [0.25, 0.3) is 0 Å². The molecular formula is C20H28O5. The zero-order valence-electron chi connectivity index (χ0n) is 15.1. The van der Waals surface area contributed by atoms with Crippen LogP contribution in [0.15, 0.2) is 42.5 Å². The molecule has 0 amide bonds. The molecule has 0 aromatic heterocycles. The fourth-order valence-electron chi connectivity index (χ4n) is 3.28. The molecule has 0 bridgehead atoms. The third-order valence-corrected chi connectivity index (χ3v) is 4.93. The Morgan fingerprint density at radius 2 is 2.04 bits per heavy atom. The molecule has 1 aromatic carbocycles. The molecule has 3 atom stereocenters. The van der Waals surface area contributed by atoms with Crippen LogP contribution in [0.3, 0.4) is 0 Å². The van der Waals surface area contributed by atoms with Crippen LogP contribution in [0, 0.1) is 11.3 Å². The van der Waals surface area contributed by atoms with Crippen LogP contribution < -0.4 is 0 Å². The Balaban J connectivity index is 1.86. The Kier molecular flexibility index (Phi) is 7.17. The number of carbonyl (C=O) groups is 1. The van der Waals surface area contributed by atoms with Gasteiger partial charge in [0.25, 0.3) is 0 Å². The maximum Gasteiger partial charge on any atom is 0.302 e. The number of aliphatic hydroxyl groups excluding tert-OH is 1. The van der Waals surface area contributed by atoms with Crippen molar-refractivity contribution >= 4 is 5.97 Å². The molecule has 0 heterocycles. The smallest absolute Gasteiger partial charge is 0.302 e. The summed E-state index contributed by atoms with van der Waals surface area (Å²) in [7, 11) is 0. The summed E-state index contributed by atoms with van der Waals surface area (Å²) in [5.41, 5.74) is 1.51. The summed E-state index contributed by atoms with van der Waals surface area (Å²) in [6.45, 7) is 8.58. The summed E-state index contributed by atoms with van der Waals surface area (Å²) in [6.07, 6.45) is 0.834. The molecule has 1 N–H and O–H groups in total. The van der Waals surface area contributed by atoms with Crippen molar-refractivity contribution in [1.29, 1.82) is 0 Å². The molecule has 0 aliphatic heterocycles. The quantitative estimate of drug-likeness (QED) is 0.338. The van der Waals surface area contributed by atoms with Gasteiger partial charge in [-0.05, 0) is 18.4 Å². The number of carbonyl (C=O) groups excluding carboxylic acids is 1. The molecule has 2 rings (SSSR count). The maximum atomic E-state index is 11.2. The second-order valence-corrected chi connectivity index (χ2v) is 6.87. The van der Waals surface area contributed by atoms with Gasteiger partial charge in [-0.2, -0.15) is 0 Å². The van der Waals surface area contributed by atoms with Gasteiger partial charge in [-0.3, -0.25) is 4.79 Å². The SMILES string of the molecule is C=C1CC[C@H](O)[C@@](C)(COCOCc2ccccc2)C1COC(C)=O. The standard InChI is InChI=1S/C20H28O5/c1-15-9-10-19(22)20(3,18(15)12-25-16(2)21)13-24-14-23-11-17-7-5-4-6-8-17/h4-8,18-19,22H,1,9-14H2,2-3H3/t18?,19-,20-/m0/s1. The number of benzene rings is 1. The molecule has 1 saturated carbocycles. The van der Waals surface area contributed by atoms with Gasteiger partial charge in [-0.1, -0.05) is 49.4 Å². The molecule has 1 aromatic rings. The van der Waals surface area contributed by atoms with Crippen molar-refractivity contribution in [3.05, 3.63) is 48.0 Å². The fourth-order valence-corrected chi connectivity index (χ4v) is 3.28. The van der Waals surface area contributed by atoms with E-state index < -0.39 is 11.5 Å². The van der Waals surface area contributed by atoms with Crippen molar-refractivity contribution in [1.82, 2.24) is 0 Å². The van der Waals surface area contributed by atoms with Gasteiger partial charge in [0.2, 0.25) is 0 Å². The number of esters is 1. The van der Waals surface area contributed by atoms with Gasteiger partial charge in [-0.15, -0.1) is 0 Å². The first-order chi connectivity index (χ1) is 11.9. The lowest BCUT2D eigenvalue weighted by atomic mass is 9.64. The minimum atomic E-state index is -0.555. The molecule has 5 heteroatoms. The predicted molar refractivity (Wildman–Crippen MR) is 94.7 cm³/mol. The van der Waals surface area contributed by atoms with Crippen molar-refractivity contribution in [3.8, 4) is 0 Å². The second kappa shape index (κ2) is 9.13. The molecule has 5 nitrogen and oxygen atoms in total. The first-order valence-electron chi connectivity index (χ1n) is 8.62. The Bertz CT molecular complexity index is 571. The van der Waals surface area contributed by atoms with Crippen LogP contribution in [-0.4, -0.2) is 37.2 Å². The van der Waals surface area contributed by atoms with E-state index in [9.17, 15) is 9.90 Å². The van der Waals surface area contributed by atoms with Crippen LogP contribution in [0.2, 0.25) is 0 Å². The summed E-state index contributed by atoms with van der Waals surface area (Å²) < 4.78 is 16.4. The summed E-state index contributed by atoms with van der Waals surface area (Å²) >= 11 is 0. The normalized spacial score (nSPS) is 26.4. The van der Waals surface area contributed by atoms with E-state index in [2.05, 4.69) is 6.58 Å². The van der Waals surface area contributed by atoms with E-state index in [1.54, 1.807) is 0 Å². The van der Waals surface area contributed by atoms with Gasteiger partial charge in [0.1, 0.15) is 6.79 Å². The van der Waals surface area contributed by atoms with Gasteiger partial charge in [0.15, 0.2) is 0 Å². The Morgan fingerprint density at radius 3 is 2.72 bits per heavy atom. The summed E-state index contributed by atoms with van der Waals surface area (Å²) in [5.74, 6) is -0.461. The Labute approximate surface area is 149 Å². The second-order valence-electron chi connectivity index (χ2n) is 6.87. The third-order valence-electron chi connectivity index (χ3n) is 4.93. The van der Waals surface area contributed by atoms with E-state index in [-0.39, 0.29) is 25.3 Å². The van der Waals surface area contributed by atoms with E-state index >= 15 is 0 Å². The van der Waals surface area contributed by atoms with Gasteiger partial charge in [-0.25, -0.2) is 0 Å². The molecule has 25 heavy (non-hydrogen) atoms. The minimum Gasteiger partial charge on any atom is -0.465 e. The lowest BCUT2D eigenvalue weighted by Gasteiger charge is -2.45. The lowest BCUT2D eigenvalue weighted by Crippen LogP contribution is -2.49. The van der Waals surface area contributed by atoms with E-state index in [4.69, 9.17) is 14.2 Å². The minimum absolute atomic E-state index is 0.130. The Morgan fingerprint density at radius 1 is 1.32 bits per heavy atom. The van der Waals surface area contributed by atoms with Crippen LogP contribution >= 0.6 is 0 Å². The van der Waals surface area contributed by atoms with Crippen molar-refractivity contribution in [3.63, 3.8) is 0 Å². The molecule has 138 valence electrons. The zero-order chi connectivity index (χ0) is 18.3. The highest BCUT2D eigenvalue weighted by atomic mass is 16.7. The van der Waals surface area contributed by atoms with Gasteiger partial charge in [0.05, 0.1) is 25.9 Å². The van der Waals surface area contributed by atoms with E-state index in [0.717, 1.165) is 17.6 Å². The molecule has 1 fully saturated rings. The first-order valence-corrected chi connectivity index (χ1v) is 8.62. The largest absolute Gasteiger partial charge is 0.465 e. The summed E-state index contributed by atoms with van der Waals surface area (Å²) in [5, 5.41) is 10.5. The highest BCUT2D eigenvalue weighted by molar-refractivity contribution is 5.65. The topological polar surface area (TPSA) is 65.0 Å². The summed E-state index contributed by atoms with van der Waals surface area (Å²) in [6, 6.07) is 9.87. The van der Waals surface area contributed by atoms with Crippen molar-refractivity contribution in [2.75, 3.05) is 20.0 Å². The van der Waals surface area contributed by atoms with Crippen LogP contribution in [-0.2, 0) is 25.6 Å². The number of aliphatic hydroxyl groups is 1.